The number of aromatic nitrogens is 3. The van der Waals surface area contributed by atoms with Gasteiger partial charge in [-0.3, -0.25) is 9.48 Å². The van der Waals surface area contributed by atoms with E-state index in [1.54, 1.807) is 24.2 Å². The van der Waals surface area contributed by atoms with Gasteiger partial charge in [-0.25, -0.2) is 4.98 Å². The Morgan fingerprint density at radius 2 is 2.29 bits per heavy atom. The normalized spacial score (nSPS) is 10.6. The molecule has 2 aromatic rings. The van der Waals surface area contributed by atoms with Crippen molar-refractivity contribution in [1.82, 2.24) is 20.1 Å². The minimum atomic E-state index is -0.0588. The molecule has 0 saturated carbocycles. The number of aryl methyl sites for hydroxylation is 1. The van der Waals surface area contributed by atoms with Gasteiger partial charge in [-0.05, 0) is 25.5 Å². The van der Waals surface area contributed by atoms with Gasteiger partial charge in [-0.2, -0.15) is 5.10 Å². The van der Waals surface area contributed by atoms with Gasteiger partial charge in [0.05, 0.1) is 16.8 Å². The molecule has 1 amide bonds. The van der Waals surface area contributed by atoms with Gasteiger partial charge < -0.3 is 5.32 Å². The summed E-state index contributed by atoms with van der Waals surface area (Å²) in [7, 11) is 0. The molecule has 0 atom stereocenters. The average molecular weight is 304 g/mol. The maximum absolute atomic E-state index is 12.1. The van der Waals surface area contributed by atoms with Crippen molar-refractivity contribution in [3.63, 3.8) is 0 Å². The summed E-state index contributed by atoms with van der Waals surface area (Å²) in [5.41, 5.74) is 1.58. The van der Waals surface area contributed by atoms with Crippen molar-refractivity contribution >= 4 is 17.7 Å². The van der Waals surface area contributed by atoms with E-state index in [0.717, 1.165) is 29.4 Å². The Balaban J connectivity index is 1.79. The van der Waals surface area contributed by atoms with Crippen LogP contribution in [0.1, 0.15) is 29.4 Å². The van der Waals surface area contributed by atoms with Gasteiger partial charge in [0, 0.05) is 30.7 Å². The molecule has 2 heterocycles. The SMILES string of the molecule is CCCn1ncc(C(=O)NCCSc2ccccn2)c1C. The van der Waals surface area contributed by atoms with Crippen LogP contribution in [0.4, 0.5) is 0 Å². The molecule has 0 fully saturated rings. The first-order valence-electron chi connectivity index (χ1n) is 7.06. The fourth-order valence-electron chi connectivity index (χ4n) is 1.95. The molecule has 6 heteroatoms. The van der Waals surface area contributed by atoms with Crippen LogP contribution in [-0.2, 0) is 6.54 Å². The van der Waals surface area contributed by atoms with Gasteiger partial charge in [0.15, 0.2) is 0 Å². The predicted molar refractivity (Wildman–Crippen MR) is 84.5 cm³/mol. The van der Waals surface area contributed by atoms with Crippen LogP contribution in [0, 0.1) is 6.92 Å². The predicted octanol–water partition coefficient (Wildman–Crippen LogP) is 2.52. The molecule has 0 aliphatic carbocycles. The quantitative estimate of drug-likeness (QED) is 0.631. The van der Waals surface area contributed by atoms with Crippen molar-refractivity contribution < 1.29 is 4.79 Å². The summed E-state index contributed by atoms with van der Waals surface area (Å²) < 4.78 is 1.87. The highest BCUT2D eigenvalue weighted by Gasteiger charge is 2.13. The van der Waals surface area contributed by atoms with E-state index >= 15 is 0 Å². The van der Waals surface area contributed by atoms with E-state index in [4.69, 9.17) is 0 Å². The van der Waals surface area contributed by atoms with Crippen LogP contribution < -0.4 is 5.32 Å². The Bertz CT molecular complexity index is 583. The molecule has 2 rings (SSSR count). The largest absolute Gasteiger partial charge is 0.351 e. The van der Waals surface area contributed by atoms with Crippen LogP contribution in [0.25, 0.3) is 0 Å². The fourth-order valence-corrected chi connectivity index (χ4v) is 2.68. The summed E-state index contributed by atoms with van der Waals surface area (Å²) in [6.07, 6.45) is 4.42. The highest BCUT2D eigenvalue weighted by molar-refractivity contribution is 7.99. The number of nitrogens with zero attached hydrogens (tertiary/aromatic N) is 3. The molecule has 0 unspecified atom stereocenters. The first kappa shape index (κ1) is 15.6. The third kappa shape index (κ3) is 4.32. The maximum Gasteiger partial charge on any atom is 0.254 e. The van der Waals surface area contributed by atoms with Crippen LogP contribution >= 0.6 is 11.8 Å². The summed E-state index contributed by atoms with van der Waals surface area (Å²) in [6, 6.07) is 5.81. The van der Waals surface area contributed by atoms with Gasteiger partial charge in [-0.15, -0.1) is 11.8 Å². The summed E-state index contributed by atoms with van der Waals surface area (Å²) in [5.74, 6) is 0.738. The molecular weight excluding hydrogens is 284 g/mol. The summed E-state index contributed by atoms with van der Waals surface area (Å²) in [5, 5.41) is 8.14. The van der Waals surface area contributed by atoms with Crippen molar-refractivity contribution in [2.75, 3.05) is 12.3 Å². The van der Waals surface area contributed by atoms with Crippen molar-refractivity contribution in [3.8, 4) is 0 Å². The zero-order valence-corrected chi connectivity index (χ0v) is 13.2. The molecule has 0 aliphatic rings. The minimum Gasteiger partial charge on any atom is -0.351 e. The Morgan fingerprint density at radius 1 is 1.43 bits per heavy atom. The highest BCUT2D eigenvalue weighted by Crippen LogP contribution is 2.13. The molecule has 21 heavy (non-hydrogen) atoms. The minimum absolute atomic E-state index is 0.0588. The Hall–Kier alpha value is -1.82. The monoisotopic (exact) mass is 304 g/mol. The van der Waals surface area contributed by atoms with E-state index in [1.165, 1.54) is 0 Å². The number of carbonyl (C=O) groups is 1. The summed E-state index contributed by atoms with van der Waals surface area (Å²) in [4.78, 5) is 16.3. The van der Waals surface area contributed by atoms with Gasteiger partial charge in [-0.1, -0.05) is 13.0 Å². The fraction of sp³-hybridized carbons (Fsp3) is 0.400. The number of nitrogens with one attached hydrogen (secondary N) is 1. The first-order valence-corrected chi connectivity index (χ1v) is 8.05. The van der Waals surface area contributed by atoms with Crippen LogP contribution in [0.15, 0.2) is 35.6 Å². The number of thioether (sulfide) groups is 1. The number of hydrogen-bond donors (Lipinski definition) is 1. The first-order chi connectivity index (χ1) is 10.2. The highest BCUT2D eigenvalue weighted by atomic mass is 32.2. The van der Waals surface area contributed by atoms with Gasteiger partial charge in [0.2, 0.25) is 0 Å². The van der Waals surface area contributed by atoms with Crippen molar-refractivity contribution in [2.24, 2.45) is 0 Å². The second-order valence-electron chi connectivity index (χ2n) is 4.64. The molecule has 1 N–H and O–H groups in total. The molecular formula is C15H20N4OS. The third-order valence-corrected chi connectivity index (χ3v) is 4.00. The number of hydrogen-bond acceptors (Lipinski definition) is 4. The van der Waals surface area contributed by atoms with Gasteiger partial charge in [0.25, 0.3) is 5.91 Å². The topological polar surface area (TPSA) is 59.8 Å². The number of pyridine rings is 1. The Kier molecular flexibility index (Phi) is 5.80. The van der Waals surface area contributed by atoms with Crippen LogP contribution in [0.3, 0.4) is 0 Å². The lowest BCUT2D eigenvalue weighted by molar-refractivity contribution is 0.0955. The van der Waals surface area contributed by atoms with Crippen molar-refractivity contribution in [2.45, 2.75) is 31.8 Å². The van der Waals surface area contributed by atoms with Crippen molar-refractivity contribution in [1.29, 1.82) is 0 Å². The lowest BCUT2D eigenvalue weighted by Crippen LogP contribution is -2.26. The molecule has 0 radical (unpaired) electrons. The number of carbonyl (C=O) groups excluding carboxylic acids is 1. The molecule has 0 aliphatic heterocycles. The molecule has 0 spiro atoms. The molecule has 5 nitrogen and oxygen atoms in total. The number of amides is 1. The van der Waals surface area contributed by atoms with Crippen LogP contribution in [-0.4, -0.2) is 33.0 Å². The summed E-state index contributed by atoms with van der Waals surface area (Å²) >= 11 is 1.63. The van der Waals surface area contributed by atoms with Crippen LogP contribution in [0.5, 0.6) is 0 Å². The van der Waals surface area contributed by atoms with E-state index in [-0.39, 0.29) is 5.91 Å². The Labute approximate surface area is 129 Å². The van der Waals surface area contributed by atoms with Crippen LogP contribution in [0.2, 0.25) is 0 Å². The van der Waals surface area contributed by atoms with Crippen molar-refractivity contribution in [3.05, 3.63) is 41.9 Å². The third-order valence-electron chi connectivity index (χ3n) is 3.06. The van der Waals surface area contributed by atoms with E-state index in [1.807, 2.05) is 29.8 Å². The lowest BCUT2D eigenvalue weighted by Gasteiger charge is -2.05. The standard InChI is InChI=1S/C15H20N4OS/c1-3-9-19-12(2)13(11-18-19)15(20)17-8-10-21-14-6-4-5-7-16-14/h4-7,11H,3,8-10H2,1-2H3,(H,17,20). The van der Waals surface area contributed by atoms with E-state index in [0.29, 0.717) is 12.1 Å². The lowest BCUT2D eigenvalue weighted by atomic mass is 10.2. The molecule has 2 aromatic heterocycles. The van der Waals surface area contributed by atoms with E-state index < -0.39 is 0 Å². The molecule has 112 valence electrons. The number of rotatable bonds is 7. The molecule has 0 aromatic carbocycles. The molecule has 0 bridgehead atoms. The average Bonchev–Trinajstić information content (AvgIpc) is 2.86. The van der Waals surface area contributed by atoms with E-state index in [2.05, 4.69) is 22.3 Å². The zero-order valence-electron chi connectivity index (χ0n) is 12.4. The second kappa shape index (κ2) is 7.83. The summed E-state index contributed by atoms with van der Waals surface area (Å²) in [6.45, 7) is 5.48. The Morgan fingerprint density at radius 3 is 3.00 bits per heavy atom. The second-order valence-corrected chi connectivity index (χ2v) is 5.75. The smallest absolute Gasteiger partial charge is 0.254 e. The zero-order chi connectivity index (χ0) is 15.1. The van der Waals surface area contributed by atoms with Gasteiger partial charge in [0.1, 0.15) is 0 Å². The molecule has 0 saturated heterocycles. The maximum atomic E-state index is 12.1. The van der Waals surface area contributed by atoms with Gasteiger partial charge >= 0.3 is 0 Å². The van der Waals surface area contributed by atoms with E-state index in [9.17, 15) is 4.79 Å².